The van der Waals surface area contributed by atoms with Crippen LogP contribution in [0, 0.1) is 6.92 Å². The van der Waals surface area contributed by atoms with Crippen LogP contribution in [0.15, 0.2) is 27.2 Å². The maximum atomic E-state index is 5.56. The van der Waals surface area contributed by atoms with Crippen LogP contribution in [0.25, 0.3) is 0 Å². The summed E-state index contributed by atoms with van der Waals surface area (Å²) in [5.74, 6) is 2.59. The van der Waals surface area contributed by atoms with E-state index in [1.807, 2.05) is 19.1 Å². The Labute approximate surface area is 94.5 Å². The number of rotatable bonds is 5. The molecule has 4 heteroatoms. The Balaban J connectivity index is 1.97. The molecule has 0 unspecified atom stereocenters. The lowest BCUT2D eigenvalue weighted by Crippen LogP contribution is -2.04. The monoisotopic (exact) mass is 220 g/mol. The summed E-state index contributed by atoms with van der Waals surface area (Å²) in [5, 5.41) is 0. The van der Waals surface area contributed by atoms with Gasteiger partial charge in [-0.1, -0.05) is 0 Å². The third-order valence-corrected chi connectivity index (χ3v) is 2.48. The molecule has 0 saturated carbocycles. The maximum absolute atomic E-state index is 5.56. The SMILES string of the molecule is Cc1oc(CCc2ccco2)nc1CCN. The van der Waals surface area contributed by atoms with E-state index >= 15 is 0 Å². The molecule has 0 aliphatic carbocycles. The molecule has 0 amide bonds. The van der Waals surface area contributed by atoms with Crippen molar-refractivity contribution in [3.8, 4) is 0 Å². The first-order chi connectivity index (χ1) is 7.79. The van der Waals surface area contributed by atoms with E-state index in [1.54, 1.807) is 6.26 Å². The number of oxazole rings is 1. The quantitative estimate of drug-likeness (QED) is 0.835. The van der Waals surface area contributed by atoms with Gasteiger partial charge >= 0.3 is 0 Å². The van der Waals surface area contributed by atoms with Crippen LogP contribution in [-0.2, 0) is 19.3 Å². The van der Waals surface area contributed by atoms with Gasteiger partial charge in [0.25, 0.3) is 0 Å². The van der Waals surface area contributed by atoms with Gasteiger partial charge < -0.3 is 14.6 Å². The van der Waals surface area contributed by atoms with Crippen molar-refractivity contribution in [2.75, 3.05) is 6.54 Å². The Hall–Kier alpha value is -1.55. The predicted octanol–water partition coefficient (Wildman–Crippen LogP) is 1.86. The Morgan fingerprint density at radius 1 is 1.31 bits per heavy atom. The minimum Gasteiger partial charge on any atom is -0.469 e. The number of hydrogen-bond donors (Lipinski definition) is 1. The lowest BCUT2D eigenvalue weighted by Gasteiger charge is -1.92. The number of hydrogen-bond acceptors (Lipinski definition) is 4. The third-order valence-electron chi connectivity index (χ3n) is 2.48. The Kier molecular flexibility index (Phi) is 3.41. The van der Waals surface area contributed by atoms with Crippen molar-refractivity contribution in [1.82, 2.24) is 4.98 Å². The van der Waals surface area contributed by atoms with Crippen LogP contribution in [0.1, 0.15) is 23.1 Å². The molecule has 2 heterocycles. The van der Waals surface area contributed by atoms with Gasteiger partial charge in [0.05, 0.1) is 12.0 Å². The van der Waals surface area contributed by atoms with Gasteiger partial charge in [-0.25, -0.2) is 4.98 Å². The first kappa shape index (κ1) is 11.0. The molecule has 2 aromatic rings. The first-order valence-corrected chi connectivity index (χ1v) is 5.47. The summed E-state index contributed by atoms with van der Waals surface area (Å²) in [4.78, 5) is 4.41. The largest absolute Gasteiger partial charge is 0.469 e. The van der Waals surface area contributed by atoms with Crippen molar-refractivity contribution < 1.29 is 8.83 Å². The van der Waals surface area contributed by atoms with Crippen LogP contribution in [0.5, 0.6) is 0 Å². The molecule has 2 aromatic heterocycles. The van der Waals surface area contributed by atoms with Gasteiger partial charge in [0.1, 0.15) is 11.5 Å². The Bertz CT molecular complexity index is 432. The predicted molar refractivity (Wildman–Crippen MR) is 60.1 cm³/mol. The van der Waals surface area contributed by atoms with Crippen molar-refractivity contribution in [2.45, 2.75) is 26.2 Å². The van der Waals surface area contributed by atoms with Crippen LogP contribution in [-0.4, -0.2) is 11.5 Å². The van der Waals surface area contributed by atoms with Crippen LogP contribution in [0.3, 0.4) is 0 Å². The van der Waals surface area contributed by atoms with Gasteiger partial charge in [-0.3, -0.25) is 0 Å². The number of furan rings is 1. The van der Waals surface area contributed by atoms with E-state index in [1.165, 1.54) is 0 Å². The van der Waals surface area contributed by atoms with Crippen LogP contribution in [0.4, 0.5) is 0 Å². The molecule has 0 aliphatic rings. The van der Waals surface area contributed by atoms with Crippen LogP contribution >= 0.6 is 0 Å². The molecule has 0 bridgehead atoms. The summed E-state index contributed by atoms with van der Waals surface area (Å²) in [6.07, 6.45) is 4.03. The standard InChI is InChI=1S/C12H16N2O2/c1-9-11(6-7-13)14-12(16-9)5-4-10-3-2-8-15-10/h2-3,8H,4-7,13H2,1H3. The first-order valence-electron chi connectivity index (χ1n) is 5.47. The molecule has 16 heavy (non-hydrogen) atoms. The maximum Gasteiger partial charge on any atom is 0.195 e. The van der Waals surface area contributed by atoms with Crippen molar-refractivity contribution in [1.29, 1.82) is 0 Å². The van der Waals surface area contributed by atoms with Crippen LogP contribution < -0.4 is 5.73 Å². The Morgan fingerprint density at radius 3 is 2.88 bits per heavy atom. The highest BCUT2D eigenvalue weighted by molar-refractivity contribution is 5.09. The van der Waals surface area contributed by atoms with Gasteiger partial charge in [-0.15, -0.1) is 0 Å². The van der Waals surface area contributed by atoms with Gasteiger partial charge in [0.15, 0.2) is 5.89 Å². The number of aryl methyl sites for hydroxylation is 3. The highest BCUT2D eigenvalue weighted by atomic mass is 16.4. The van der Waals surface area contributed by atoms with Crippen molar-refractivity contribution in [3.05, 3.63) is 41.5 Å². The fourth-order valence-electron chi connectivity index (χ4n) is 1.65. The minimum absolute atomic E-state index is 0.602. The zero-order valence-electron chi connectivity index (χ0n) is 9.40. The van der Waals surface area contributed by atoms with Gasteiger partial charge in [0, 0.05) is 19.3 Å². The molecular formula is C12H16N2O2. The average molecular weight is 220 g/mol. The summed E-state index contributed by atoms with van der Waals surface area (Å²) in [6, 6.07) is 3.84. The molecule has 86 valence electrons. The summed E-state index contributed by atoms with van der Waals surface area (Å²) in [6.45, 7) is 2.53. The lowest BCUT2D eigenvalue weighted by atomic mass is 10.2. The average Bonchev–Trinajstić information content (AvgIpc) is 2.87. The minimum atomic E-state index is 0.602. The van der Waals surface area contributed by atoms with Crippen molar-refractivity contribution >= 4 is 0 Å². The number of nitrogens with two attached hydrogens (primary N) is 1. The van der Waals surface area contributed by atoms with Gasteiger partial charge in [-0.2, -0.15) is 0 Å². The molecule has 0 saturated heterocycles. The lowest BCUT2D eigenvalue weighted by molar-refractivity contribution is 0.451. The molecular weight excluding hydrogens is 204 g/mol. The molecule has 0 aliphatic heterocycles. The zero-order chi connectivity index (χ0) is 11.4. The molecule has 0 fully saturated rings. The molecule has 2 rings (SSSR count). The third kappa shape index (κ3) is 2.52. The van der Waals surface area contributed by atoms with Crippen molar-refractivity contribution in [3.63, 3.8) is 0 Å². The second kappa shape index (κ2) is 4.99. The second-order valence-corrected chi connectivity index (χ2v) is 3.73. The fraction of sp³-hybridized carbons (Fsp3) is 0.417. The van der Waals surface area contributed by atoms with Crippen molar-refractivity contribution in [2.24, 2.45) is 5.73 Å². The number of aromatic nitrogens is 1. The molecule has 0 atom stereocenters. The molecule has 0 aromatic carbocycles. The van der Waals surface area contributed by atoms with Gasteiger partial charge in [-0.05, 0) is 25.6 Å². The van der Waals surface area contributed by atoms with E-state index in [2.05, 4.69) is 4.98 Å². The molecule has 0 radical (unpaired) electrons. The van der Waals surface area contributed by atoms with E-state index in [0.29, 0.717) is 6.54 Å². The zero-order valence-corrected chi connectivity index (χ0v) is 9.40. The van der Waals surface area contributed by atoms with Gasteiger partial charge in [0.2, 0.25) is 0 Å². The number of nitrogens with zero attached hydrogens (tertiary/aromatic N) is 1. The summed E-state index contributed by atoms with van der Waals surface area (Å²) < 4.78 is 10.8. The second-order valence-electron chi connectivity index (χ2n) is 3.73. The topological polar surface area (TPSA) is 65.2 Å². The smallest absolute Gasteiger partial charge is 0.195 e. The Morgan fingerprint density at radius 2 is 2.19 bits per heavy atom. The van der Waals surface area contributed by atoms with Crippen LogP contribution in [0.2, 0.25) is 0 Å². The fourth-order valence-corrected chi connectivity index (χ4v) is 1.65. The summed E-state index contributed by atoms with van der Waals surface area (Å²) in [5.41, 5.74) is 6.46. The molecule has 4 nitrogen and oxygen atoms in total. The normalized spacial score (nSPS) is 10.9. The molecule has 0 spiro atoms. The van der Waals surface area contributed by atoms with E-state index in [-0.39, 0.29) is 0 Å². The summed E-state index contributed by atoms with van der Waals surface area (Å²) in [7, 11) is 0. The van der Waals surface area contributed by atoms with E-state index in [0.717, 1.165) is 42.4 Å². The van der Waals surface area contributed by atoms with E-state index in [4.69, 9.17) is 14.6 Å². The summed E-state index contributed by atoms with van der Waals surface area (Å²) >= 11 is 0. The van der Waals surface area contributed by atoms with E-state index in [9.17, 15) is 0 Å². The highest BCUT2D eigenvalue weighted by Gasteiger charge is 2.09. The molecule has 2 N–H and O–H groups in total. The van der Waals surface area contributed by atoms with E-state index < -0.39 is 0 Å². The highest BCUT2D eigenvalue weighted by Crippen LogP contribution is 2.13.